The van der Waals surface area contributed by atoms with Gasteiger partial charge in [0.15, 0.2) is 0 Å². The van der Waals surface area contributed by atoms with Crippen molar-refractivity contribution < 1.29 is 8.42 Å². The maximum Gasteiger partial charge on any atom is 0.238 e. The number of anilines is 1. The SMILES string of the molecule is NS(=O)(=O)c1ccc(N2CCC(c3ccsc3)CC2)cc1. The molecule has 1 aliphatic rings. The summed E-state index contributed by atoms with van der Waals surface area (Å²) in [6.07, 6.45) is 2.27. The molecular weight excluding hydrogens is 304 g/mol. The van der Waals surface area contributed by atoms with Gasteiger partial charge in [0, 0.05) is 18.8 Å². The highest BCUT2D eigenvalue weighted by Gasteiger charge is 2.21. The molecule has 0 amide bonds. The smallest absolute Gasteiger partial charge is 0.238 e. The molecule has 1 aromatic carbocycles. The predicted molar refractivity (Wildman–Crippen MR) is 86.3 cm³/mol. The molecule has 112 valence electrons. The summed E-state index contributed by atoms with van der Waals surface area (Å²) in [5.74, 6) is 0.649. The number of primary sulfonamides is 1. The normalized spacial score (nSPS) is 17.1. The lowest BCUT2D eigenvalue weighted by Crippen LogP contribution is -2.32. The molecular formula is C15H18N2O2S2. The fraction of sp³-hybridized carbons (Fsp3) is 0.333. The number of thiophene rings is 1. The minimum Gasteiger partial charge on any atom is -0.371 e. The van der Waals surface area contributed by atoms with Crippen LogP contribution in [-0.4, -0.2) is 21.5 Å². The molecule has 1 aliphatic heterocycles. The number of rotatable bonds is 3. The Hall–Kier alpha value is -1.37. The van der Waals surface area contributed by atoms with Crippen LogP contribution in [0.2, 0.25) is 0 Å². The van der Waals surface area contributed by atoms with E-state index in [1.165, 1.54) is 5.56 Å². The second-order valence-electron chi connectivity index (χ2n) is 5.36. The van der Waals surface area contributed by atoms with Crippen LogP contribution in [-0.2, 0) is 10.0 Å². The predicted octanol–water partition coefficient (Wildman–Crippen LogP) is 2.78. The van der Waals surface area contributed by atoms with Gasteiger partial charge in [-0.3, -0.25) is 0 Å². The topological polar surface area (TPSA) is 63.4 Å². The van der Waals surface area contributed by atoms with Crippen molar-refractivity contribution in [2.24, 2.45) is 5.14 Å². The van der Waals surface area contributed by atoms with Crippen LogP contribution in [0.5, 0.6) is 0 Å². The quantitative estimate of drug-likeness (QED) is 0.945. The first-order valence-corrected chi connectivity index (χ1v) is 9.43. The van der Waals surface area contributed by atoms with Crippen molar-refractivity contribution in [1.29, 1.82) is 0 Å². The van der Waals surface area contributed by atoms with E-state index in [2.05, 4.69) is 21.7 Å². The van der Waals surface area contributed by atoms with Crippen molar-refractivity contribution in [3.63, 3.8) is 0 Å². The summed E-state index contributed by atoms with van der Waals surface area (Å²) in [6, 6.07) is 9.05. The summed E-state index contributed by atoms with van der Waals surface area (Å²) in [7, 11) is -3.61. The van der Waals surface area contributed by atoms with Crippen LogP contribution in [0.3, 0.4) is 0 Å². The highest BCUT2D eigenvalue weighted by Crippen LogP contribution is 2.31. The van der Waals surface area contributed by atoms with E-state index in [9.17, 15) is 8.42 Å². The Kier molecular flexibility index (Phi) is 4.01. The first kappa shape index (κ1) is 14.6. The number of piperidine rings is 1. The Labute approximate surface area is 129 Å². The fourth-order valence-corrected chi connectivity index (χ4v) is 4.08. The molecule has 1 aromatic heterocycles. The Morgan fingerprint density at radius 2 is 1.76 bits per heavy atom. The van der Waals surface area contributed by atoms with Crippen LogP contribution < -0.4 is 10.0 Å². The molecule has 21 heavy (non-hydrogen) atoms. The van der Waals surface area contributed by atoms with Crippen LogP contribution in [0, 0.1) is 0 Å². The molecule has 0 bridgehead atoms. The van der Waals surface area contributed by atoms with Crippen molar-refractivity contribution in [3.8, 4) is 0 Å². The monoisotopic (exact) mass is 322 g/mol. The van der Waals surface area contributed by atoms with Gasteiger partial charge in [0.25, 0.3) is 0 Å². The van der Waals surface area contributed by atoms with E-state index in [1.807, 2.05) is 12.1 Å². The molecule has 0 aliphatic carbocycles. The van der Waals surface area contributed by atoms with Gasteiger partial charge in [-0.1, -0.05) is 0 Å². The summed E-state index contributed by atoms with van der Waals surface area (Å²) < 4.78 is 22.5. The van der Waals surface area contributed by atoms with Gasteiger partial charge in [0.05, 0.1) is 4.90 Å². The Morgan fingerprint density at radius 1 is 1.10 bits per heavy atom. The van der Waals surface area contributed by atoms with Crippen molar-refractivity contribution in [3.05, 3.63) is 46.7 Å². The van der Waals surface area contributed by atoms with E-state index in [4.69, 9.17) is 5.14 Å². The van der Waals surface area contributed by atoms with Crippen molar-refractivity contribution in [2.45, 2.75) is 23.7 Å². The zero-order chi connectivity index (χ0) is 14.9. The van der Waals surface area contributed by atoms with E-state index in [-0.39, 0.29) is 4.90 Å². The van der Waals surface area contributed by atoms with E-state index in [1.54, 1.807) is 23.5 Å². The Balaban J connectivity index is 1.67. The zero-order valence-corrected chi connectivity index (χ0v) is 13.2. The average Bonchev–Trinajstić information content (AvgIpc) is 3.01. The van der Waals surface area contributed by atoms with Crippen molar-refractivity contribution in [2.75, 3.05) is 18.0 Å². The molecule has 0 saturated carbocycles. The molecule has 2 aromatic rings. The van der Waals surface area contributed by atoms with Gasteiger partial charge in [0.1, 0.15) is 0 Å². The third-order valence-corrected chi connectivity index (χ3v) is 5.67. The largest absolute Gasteiger partial charge is 0.371 e. The van der Waals surface area contributed by atoms with E-state index in [0.717, 1.165) is 31.6 Å². The van der Waals surface area contributed by atoms with Crippen molar-refractivity contribution in [1.82, 2.24) is 0 Å². The summed E-state index contributed by atoms with van der Waals surface area (Å²) >= 11 is 1.75. The first-order chi connectivity index (χ1) is 10.0. The minimum atomic E-state index is -3.61. The number of nitrogens with two attached hydrogens (primary N) is 1. The number of nitrogens with zero attached hydrogens (tertiary/aromatic N) is 1. The second kappa shape index (κ2) is 5.79. The fourth-order valence-electron chi connectivity index (χ4n) is 2.82. The van der Waals surface area contributed by atoms with Gasteiger partial charge in [-0.05, 0) is 65.4 Å². The average molecular weight is 322 g/mol. The molecule has 2 heterocycles. The lowest BCUT2D eigenvalue weighted by molar-refractivity contribution is 0.506. The molecule has 6 heteroatoms. The maximum absolute atomic E-state index is 11.3. The highest BCUT2D eigenvalue weighted by molar-refractivity contribution is 7.89. The minimum absolute atomic E-state index is 0.166. The van der Waals surface area contributed by atoms with Crippen LogP contribution in [0.1, 0.15) is 24.3 Å². The summed E-state index contributed by atoms with van der Waals surface area (Å²) in [5, 5.41) is 9.49. The maximum atomic E-state index is 11.3. The van der Waals surface area contributed by atoms with Crippen LogP contribution in [0.25, 0.3) is 0 Å². The Bertz CT molecular complexity index is 686. The zero-order valence-electron chi connectivity index (χ0n) is 11.6. The summed E-state index contributed by atoms with van der Waals surface area (Å²) in [6.45, 7) is 1.99. The molecule has 0 radical (unpaired) electrons. The van der Waals surface area contributed by atoms with Gasteiger partial charge < -0.3 is 4.90 Å². The van der Waals surface area contributed by atoms with E-state index < -0.39 is 10.0 Å². The van der Waals surface area contributed by atoms with Crippen LogP contribution in [0.4, 0.5) is 5.69 Å². The standard InChI is InChI=1S/C15H18N2O2S2/c16-21(18,19)15-3-1-14(2-4-15)17-8-5-12(6-9-17)13-7-10-20-11-13/h1-4,7,10-12H,5-6,8-9H2,(H2,16,18,19). The van der Waals surface area contributed by atoms with Crippen LogP contribution in [0.15, 0.2) is 46.0 Å². The molecule has 1 fully saturated rings. The second-order valence-corrected chi connectivity index (χ2v) is 7.70. The summed E-state index contributed by atoms with van der Waals surface area (Å²) in [5.41, 5.74) is 2.51. The number of sulfonamides is 1. The molecule has 4 nitrogen and oxygen atoms in total. The van der Waals surface area contributed by atoms with Crippen LogP contribution >= 0.6 is 11.3 Å². The van der Waals surface area contributed by atoms with Gasteiger partial charge >= 0.3 is 0 Å². The lowest BCUT2D eigenvalue weighted by atomic mass is 9.91. The molecule has 0 unspecified atom stereocenters. The Morgan fingerprint density at radius 3 is 2.29 bits per heavy atom. The molecule has 3 rings (SSSR count). The lowest BCUT2D eigenvalue weighted by Gasteiger charge is -2.33. The third-order valence-electron chi connectivity index (χ3n) is 4.04. The van der Waals surface area contributed by atoms with E-state index >= 15 is 0 Å². The molecule has 2 N–H and O–H groups in total. The van der Waals surface area contributed by atoms with Gasteiger partial charge in [-0.15, -0.1) is 0 Å². The van der Waals surface area contributed by atoms with E-state index in [0.29, 0.717) is 5.92 Å². The molecule has 0 spiro atoms. The highest BCUT2D eigenvalue weighted by atomic mass is 32.2. The number of hydrogen-bond donors (Lipinski definition) is 1. The van der Waals surface area contributed by atoms with Gasteiger partial charge in [0.2, 0.25) is 10.0 Å². The molecule has 1 saturated heterocycles. The molecule has 0 atom stereocenters. The van der Waals surface area contributed by atoms with Gasteiger partial charge in [-0.2, -0.15) is 11.3 Å². The number of hydrogen-bond acceptors (Lipinski definition) is 4. The van der Waals surface area contributed by atoms with Crippen molar-refractivity contribution >= 4 is 27.0 Å². The third kappa shape index (κ3) is 3.28. The summed E-state index contributed by atoms with van der Waals surface area (Å²) in [4.78, 5) is 2.47. The van der Waals surface area contributed by atoms with Gasteiger partial charge in [-0.25, -0.2) is 13.6 Å². The number of benzene rings is 1. The first-order valence-electron chi connectivity index (χ1n) is 6.94.